The first-order valence-corrected chi connectivity index (χ1v) is 4.20. The average molecular weight is 239 g/mol. The van der Waals surface area contributed by atoms with Gasteiger partial charge in [-0.05, 0) is 32.6 Å². The van der Waals surface area contributed by atoms with Crippen LogP contribution in [0, 0.1) is 6.92 Å². The molecule has 1 aromatic heterocycles. The highest BCUT2D eigenvalue weighted by Crippen LogP contribution is 2.16. The fourth-order valence-electron chi connectivity index (χ4n) is 1.05. The molecule has 1 aromatic rings. The Kier molecular flexibility index (Phi) is 5.12. The van der Waals surface area contributed by atoms with Gasteiger partial charge in [0.05, 0.1) is 0 Å². The molecule has 0 saturated carbocycles. The summed E-state index contributed by atoms with van der Waals surface area (Å²) in [5, 5.41) is 3.01. The fraction of sp³-hybridized carbons (Fsp3) is 0.500. The monoisotopic (exact) mass is 238 g/mol. The average Bonchev–Trinajstić information content (AvgIpc) is 2.32. The standard InChI is InChI=1S/C8H11ClN2O2.ClH/c1-5-6(4-11(2)3)7(8(9)12)10-13-5;/h4H2,1-3H3;1H. The lowest BCUT2D eigenvalue weighted by molar-refractivity contribution is 0.107. The number of carbonyl (C=O) groups is 1. The van der Waals surface area contributed by atoms with Crippen molar-refractivity contribution in [3.05, 3.63) is 17.0 Å². The zero-order chi connectivity index (χ0) is 10.0. The zero-order valence-corrected chi connectivity index (χ0v) is 9.78. The third-order valence-corrected chi connectivity index (χ3v) is 1.82. The van der Waals surface area contributed by atoms with Gasteiger partial charge in [-0.25, -0.2) is 0 Å². The molecule has 0 amide bonds. The van der Waals surface area contributed by atoms with Gasteiger partial charge in [-0.2, -0.15) is 0 Å². The second-order valence-electron chi connectivity index (χ2n) is 3.08. The normalized spacial score (nSPS) is 10.1. The van der Waals surface area contributed by atoms with Crippen LogP contribution in [0.2, 0.25) is 0 Å². The van der Waals surface area contributed by atoms with E-state index in [4.69, 9.17) is 16.1 Å². The van der Waals surface area contributed by atoms with Gasteiger partial charge in [0.15, 0.2) is 5.69 Å². The number of aryl methyl sites for hydroxylation is 1. The van der Waals surface area contributed by atoms with E-state index in [1.165, 1.54) is 0 Å². The number of hydrogen-bond acceptors (Lipinski definition) is 4. The summed E-state index contributed by atoms with van der Waals surface area (Å²) in [7, 11) is 3.80. The number of nitrogens with zero attached hydrogens (tertiary/aromatic N) is 2. The largest absolute Gasteiger partial charge is 0.361 e. The van der Waals surface area contributed by atoms with E-state index < -0.39 is 5.24 Å². The van der Waals surface area contributed by atoms with Crippen molar-refractivity contribution in [1.82, 2.24) is 10.1 Å². The second kappa shape index (κ2) is 5.34. The lowest BCUT2D eigenvalue weighted by Crippen LogP contribution is -2.13. The molecule has 0 bridgehead atoms. The van der Waals surface area contributed by atoms with Gasteiger partial charge >= 0.3 is 0 Å². The zero-order valence-electron chi connectivity index (χ0n) is 8.20. The van der Waals surface area contributed by atoms with Crippen LogP contribution in [0.4, 0.5) is 0 Å². The van der Waals surface area contributed by atoms with Crippen LogP contribution in [0.1, 0.15) is 21.8 Å². The van der Waals surface area contributed by atoms with E-state index in [0.717, 1.165) is 5.56 Å². The molecule has 0 aliphatic carbocycles. The van der Waals surface area contributed by atoms with E-state index in [2.05, 4.69) is 5.16 Å². The van der Waals surface area contributed by atoms with Gasteiger partial charge in [0.25, 0.3) is 5.24 Å². The first-order chi connectivity index (χ1) is 6.02. The molecule has 0 aromatic carbocycles. The molecule has 0 aliphatic heterocycles. The molecule has 0 radical (unpaired) electrons. The highest BCUT2D eigenvalue weighted by atomic mass is 35.5. The lowest BCUT2D eigenvalue weighted by atomic mass is 10.2. The highest BCUT2D eigenvalue weighted by molar-refractivity contribution is 6.67. The molecule has 0 aliphatic rings. The second-order valence-corrected chi connectivity index (χ2v) is 3.42. The predicted molar refractivity (Wildman–Crippen MR) is 56.1 cm³/mol. The van der Waals surface area contributed by atoms with Gasteiger partial charge in [-0.1, -0.05) is 5.16 Å². The maximum Gasteiger partial charge on any atom is 0.274 e. The van der Waals surface area contributed by atoms with Gasteiger partial charge in [0, 0.05) is 12.1 Å². The smallest absolute Gasteiger partial charge is 0.274 e. The minimum Gasteiger partial charge on any atom is -0.361 e. The van der Waals surface area contributed by atoms with Crippen molar-refractivity contribution in [2.24, 2.45) is 0 Å². The Morgan fingerprint density at radius 1 is 1.57 bits per heavy atom. The quantitative estimate of drug-likeness (QED) is 0.755. The summed E-state index contributed by atoms with van der Waals surface area (Å²) in [5.74, 6) is 0.637. The summed E-state index contributed by atoms with van der Waals surface area (Å²) in [5.41, 5.74) is 0.970. The summed E-state index contributed by atoms with van der Waals surface area (Å²) < 4.78 is 4.88. The molecule has 1 heterocycles. The third-order valence-electron chi connectivity index (χ3n) is 1.65. The Morgan fingerprint density at radius 3 is 2.57 bits per heavy atom. The van der Waals surface area contributed by atoms with Crippen molar-refractivity contribution >= 4 is 29.3 Å². The van der Waals surface area contributed by atoms with Crippen molar-refractivity contribution in [3.8, 4) is 0 Å². The first kappa shape index (κ1) is 13.4. The van der Waals surface area contributed by atoms with E-state index >= 15 is 0 Å². The SMILES string of the molecule is Cc1onc(C(=O)Cl)c1CN(C)C.Cl. The number of carbonyl (C=O) groups excluding carboxylic acids is 1. The number of aromatic nitrogens is 1. The van der Waals surface area contributed by atoms with Crippen molar-refractivity contribution in [2.45, 2.75) is 13.5 Å². The molecule has 6 heteroatoms. The predicted octanol–water partition coefficient (Wildman–Crippen LogP) is 1.85. The number of halogens is 2. The van der Waals surface area contributed by atoms with Gasteiger partial charge in [0.2, 0.25) is 0 Å². The molecule has 0 unspecified atom stereocenters. The summed E-state index contributed by atoms with van der Waals surface area (Å²) >= 11 is 5.33. The van der Waals surface area contributed by atoms with Crippen LogP contribution in [0.25, 0.3) is 0 Å². The van der Waals surface area contributed by atoms with Crippen molar-refractivity contribution in [1.29, 1.82) is 0 Å². The topological polar surface area (TPSA) is 46.3 Å². The minimum absolute atomic E-state index is 0. The maximum absolute atomic E-state index is 10.9. The lowest BCUT2D eigenvalue weighted by Gasteiger charge is -2.07. The van der Waals surface area contributed by atoms with Gasteiger partial charge in [-0.3, -0.25) is 4.79 Å². The van der Waals surface area contributed by atoms with Crippen LogP contribution in [-0.2, 0) is 6.54 Å². The molecular formula is C8H12Cl2N2O2. The molecule has 14 heavy (non-hydrogen) atoms. The van der Waals surface area contributed by atoms with Crippen LogP contribution in [0.15, 0.2) is 4.52 Å². The summed E-state index contributed by atoms with van der Waals surface area (Å²) in [4.78, 5) is 12.8. The molecule has 80 valence electrons. The summed E-state index contributed by atoms with van der Waals surface area (Å²) in [6.45, 7) is 2.36. The fourth-order valence-corrected chi connectivity index (χ4v) is 1.20. The molecule has 0 atom stereocenters. The molecule has 0 spiro atoms. The van der Waals surface area contributed by atoms with Gasteiger partial charge in [0.1, 0.15) is 5.76 Å². The van der Waals surface area contributed by atoms with E-state index in [9.17, 15) is 4.79 Å². The van der Waals surface area contributed by atoms with Gasteiger partial charge < -0.3 is 9.42 Å². The van der Waals surface area contributed by atoms with Crippen molar-refractivity contribution < 1.29 is 9.32 Å². The van der Waals surface area contributed by atoms with E-state index in [-0.39, 0.29) is 18.1 Å². The van der Waals surface area contributed by atoms with Crippen LogP contribution >= 0.6 is 24.0 Å². The minimum atomic E-state index is -0.575. The molecule has 0 N–H and O–H groups in total. The molecule has 4 nitrogen and oxygen atoms in total. The highest BCUT2D eigenvalue weighted by Gasteiger charge is 2.17. The Morgan fingerprint density at radius 2 is 2.14 bits per heavy atom. The summed E-state index contributed by atoms with van der Waals surface area (Å²) in [6, 6.07) is 0. The molecule has 1 rings (SSSR count). The Balaban J connectivity index is 0.00000169. The van der Waals surface area contributed by atoms with Crippen LogP contribution < -0.4 is 0 Å². The first-order valence-electron chi connectivity index (χ1n) is 3.82. The molecule has 0 saturated heterocycles. The Hall–Kier alpha value is -0.580. The Labute approximate surface area is 93.6 Å². The molecular weight excluding hydrogens is 227 g/mol. The van der Waals surface area contributed by atoms with E-state index in [1.54, 1.807) is 6.92 Å². The molecule has 0 fully saturated rings. The van der Waals surface area contributed by atoms with Crippen LogP contribution in [0.3, 0.4) is 0 Å². The van der Waals surface area contributed by atoms with E-state index in [0.29, 0.717) is 12.3 Å². The maximum atomic E-state index is 10.9. The van der Waals surface area contributed by atoms with Crippen LogP contribution in [0.5, 0.6) is 0 Å². The van der Waals surface area contributed by atoms with Crippen LogP contribution in [-0.4, -0.2) is 29.4 Å². The Bertz CT molecular complexity index is 323. The number of hydrogen-bond donors (Lipinski definition) is 0. The van der Waals surface area contributed by atoms with Crippen molar-refractivity contribution in [3.63, 3.8) is 0 Å². The number of rotatable bonds is 3. The summed E-state index contributed by atoms with van der Waals surface area (Å²) in [6.07, 6.45) is 0. The van der Waals surface area contributed by atoms with E-state index in [1.807, 2.05) is 19.0 Å². The van der Waals surface area contributed by atoms with Crippen molar-refractivity contribution in [2.75, 3.05) is 14.1 Å². The third kappa shape index (κ3) is 2.97. The van der Waals surface area contributed by atoms with Gasteiger partial charge in [-0.15, -0.1) is 12.4 Å².